The molecule has 0 saturated heterocycles. The molecular weight excluding hydrogens is 434 g/mol. The van der Waals surface area contributed by atoms with Crippen LogP contribution in [0.25, 0.3) is 22.3 Å². The van der Waals surface area contributed by atoms with E-state index in [1.807, 2.05) is 30.3 Å². The Hall–Kier alpha value is -3.70. The van der Waals surface area contributed by atoms with Crippen LogP contribution in [0.5, 0.6) is 5.75 Å². The average molecular weight is 451 g/mol. The third-order valence-electron chi connectivity index (χ3n) is 4.99. The quantitative estimate of drug-likeness (QED) is 0.337. The summed E-state index contributed by atoms with van der Waals surface area (Å²) in [5.74, 6) is -2.06. The van der Waals surface area contributed by atoms with Crippen LogP contribution in [0.2, 0.25) is 5.02 Å². The maximum atomic E-state index is 14.1. The maximum absolute atomic E-state index is 14.1. The summed E-state index contributed by atoms with van der Waals surface area (Å²) in [6.45, 7) is -0.139. The molecule has 32 heavy (non-hydrogen) atoms. The van der Waals surface area contributed by atoms with Gasteiger partial charge in [-0.2, -0.15) is 0 Å². The van der Waals surface area contributed by atoms with Gasteiger partial charge in [0.05, 0.1) is 5.56 Å². The van der Waals surface area contributed by atoms with E-state index in [0.29, 0.717) is 27.5 Å². The molecule has 0 aliphatic heterocycles. The largest absolute Gasteiger partial charge is 0.488 e. The third kappa shape index (κ3) is 4.48. The second-order valence-corrected chi connectivity index (χ2v) is 7.50. The van der Waals surface area contributed by atoms with E-state index >= 15 is 0 Å². The van der Waals surface area contributed by atoms with Crippen molar-refractivity contribution in [2.75, 3.05) is 0 Å². The zero-order valence-corrected chi connectivity index (χ0v) is 17.4. The van der Waals surface area contributed by atoms with Crippen LogP contribution in [0.15, 0.2) is 84.9 Å². The lowest BCUT2D eigenvalue weighted by Gasteiger charge is -2.17. The highest BCUT2D eigenvalue weighted by Gasteiger charge is 2.19. The topological polar surface area (TPSA) is 46.5 Å². The van der Waals surface area contributed by atoms with E-state index in [1.54, 1.807) is 30.3 Å². The molecule has 0 spiro atoms. The fraction of sp³-hybridized carbons (Fsp3) is 0.0385. The van der Waals surface area contributed by atoms with E-state index < -0.39 is 17.6 Å². The lowest BCUT2D eigenvalue weighted by molar-refractivity contribution is 0.0697. The van der Waals surface area contributed by atoms with Crippen LogP contribution < -0.4 is 4.74 Å². The fourth-order valence-corrected chi connectivity index (χ4v) is 3.68. The van der Waals surface area contributed by atoms with E-state index in [9.17, 15) is 18.7 Å². The van der Waals surface area contributed by atoms with Crippen molar-refractivity contribution in [1.29, 1.82) is 0 Å². The number of hydrogen-bond donors (Lipinski definition) is 1. The number of hydrogen-bond acceptors (Lipinski definition) is 2. The number of aromatic carboxylic acids is 1. The average Bonchev–Trinajstić information content (AvgIpc) is 2.79. The molecule has 6 heteroatoms. The molecule has 0 amide bonds. The van der Waals surface area contributed by atoms with Crippen LogP contribution in [0, 0.1) is 11.6 Å². The summed E-state index contributed by atoms with van der Waals surface area (Å²) in [7, 11) is 0. The Labute approximate surface area is 188 Å². The van der Waals surface area contributed by atoms with Crippen molar-refractivity contribution >= 4 is 17.6 Å². The predicted octanol–water partition coefficient (Wildman–Crippen LogP) is 7.23. The van der Waals surface area contributed by atoms with Gasteiger partial charge in [0.2, 0.25) is 0 Å². The van der Waals surface area contributed by atoms with Gasteiger partial charge < -0.3 is 9.84 Å². The van der Waals surface area contributed by atoms with Crippen molar-refractivity contribution in [3.63, 3.8) is 0 Å². The molecule has 3 nitrogen and oxygen atoms in total. The van der Waals surface area contributed by atoms with E-state index in [1.165, 1.54) is 12.1 Å². The highest BCUT2D eigenvalue weighted by molar-refractivity contribution is 6.31. The number of ether oxygens (including phenoxy) is 1. The molecule has 0 aliphatic rings. The Bertz CT molecular complexity index is 1290. The first kappa shape index (κ1) is 21.5. The van der Waals surface area contributed by atoms with Gasteiger partial charge in [0.25, 0.3) is 0 Å². The number of halogens is 3. The van der Waals surface area contributed by atoms with Crippen LogP contribution >= 0.6 is 11.6 Å². The number of rotatable bonds is 6. The zero-order chi connectivity index (χ0) is 22.7. The van der Waals surface area contributed by atoms with Gasteiger partial charge in [-0.3, -0.25) is 0 Å². The highest BCUT2D eigenvalue weighted by atomic mass is 35.5. The molecule has 0 radical (unpaired) electrons. The number of carbonyl (C=O) groups is 1. The number of carboxylic acid groups (broad SMARTS) is 1. The minimum atomic E-state index is -1.07. The maximum Gasteiger partial charge on any atom is 0.336 e. The van der Waals surface area contributed by atoms with Crippen LogP contribution in [0.3, 0.4) is 0 Å². The molecule has 4 rings (SSSR count). The van der Waals surface area contributed by atoms with Crippen molar-refractivity contribution in [3.8, 4) is 28.0 Å². The molecule has 0 fully saturated rings. The Morgan fingerprint density at radius 1 is 0.875 bits per heavy atom. The Morgan fingerprint density at radius 3 is 2.38 bits per heavy atom. The summed E-state index contributed by atoms with van der Waals surface area (Å²) >= 11 is 6.25. The summed E-state index contributed by atoms with van der Waals surface area (Å²) in [6, 6.07) is 22.3. The predicted molar refractivity (Wildman–Crippen MR) is 120 cm³/mol. The summed E-state index contributed by atoms with van der Waals surface area (Å²) in [4.78, 5) is 12.0. The molecule has 0 atom stereocenters. The first-order valence-corrected chi connectivity index (χ1v) is 10.1. The molecule has 160 valence electrons. The Balaban J connectivity index is 1.83. The van der Waals surface area contributed by atoms with Gasteiger partial charge >= 0.3 is 5.97 Å². The van der Waals surface area contributed by atoms with E-state index in [0.717, 1.165) is 17.7 Å². The second kappa shape index (κ2) is 9.20. The van der Waals surface area contributed by atoms with Gasteiger partial charge in [0.1, 0.15) is 24.0 Å². The van der Waals surface area contributed by atoms with Crippen molar-refractivity contribution in [2.45, 2.75) is 6.61 Å². The Morgan fingerprint density at radius 2 is 1.66 bits per heavy atom. The van der Waals surface area contributed by atoms with Crippen LogP contribution in [0.1, 0.15) is 15.9 Å². The highest BCUT2D eigenvalue weighted by Crippen LogP contribution is 2.41. The first-order chi connectivity index (χ1) is 15.4. The smallest absolute Gasteiger partial charge is 0.336 e. The summed E-state index contributed by atoms with van der Waals surface area (Å²) in [6.07, 6.45) is 0. The van der Waals surface area contributed by atoms with E-state index in [-0.39, 0.29) is 17.7 Å². The van der Waals surface area contributed by atoms with E-state index in [4.69, 9.17) is 16.3 Å². The molecule has 0 unspecified atom stereocenters. The van der Waals surface area contributed by atoms with Crippen molar-refractivity contribution in [1.82, 2.24) is 0 Å². The summed E-state index contributed by atoms with van der Waals surface area (Å²) in [5, 5.41) is 10.2. The molecule has 4 aromatic rings. The second-order valence-electron chi connectivity index (χ2n) is 7.06. The van der Waals surface area contributed by atoms with Gasteiger partial charge in [0, 0.05) is 27.8 Å². The SMILES string of the molecule is O=C(O)c1cccc(-c2cc(Cl)ccc2OCc2ccc(F)cc2F)c1-c1ccccc1. The third-order valence-corrected chi connectivity index (χ3v) is 5.22. The van der Waals surface area contributed by atoms with Gasteiger partial charge in [-0.05, 0) is 47.5 Å². The van der Waals surface area contributed by atoms with Crippen molar-refractivity contribution in [3.05, 3.63) is 113 Å². The molecule has 0 aromatic heterocycles. The van der Waals surface area contributed by atoms with Crippen molar-refractivity contribution in [2.24, 2.45) is 0 Å². The molecule has 0 saturated carbocycles. The minimum absolute atomic E-state index is 0.129. The minimum Gasteiger partial charge on any atom is -0.488 e. The van der Waals surface area contributed by atoms with Crippen LogP contribution in [-0.4, -0.2) is 11.1 Å². The number of carboxylic acids is 1. The normalized spacial score (nSPS) is 10.7. The zero-order valence-electron chi connectivity index (χ0n) is 16.7. The standard InChI is InChI=1S/C26H17ClF2O3/c27-18-10-12-24(32-15-17-9-11-19(28)14-23(17)29)22(13-18)20-7-4-8-21(26(30)31)25(20)16-5-2-1-3-6-16/h1-14H,15H2,(H,30,31). The lowest BCUT2D eigenvalue weighted by atomic mass is 9.90. The molecule has 0 heterocycles. The summed E-state index contributed by atoms with van der Waals surface area (Å²) in [5.41, 5.74) is 2.71. The van der Waals surface area contributed by atoms with Crippen molar-refractivity contribution < 1.29 is 23.4 Å². The summed E-state index contributed by atoms with van der Waals surface area (Å²) < 4.78 is 33.1. The molecular formula is C26H17ClF2O3. The van der Waals surface area contributed by atoms with Crippen LogP contribution in [0.4, 0.5) is 8.78 Å². The van der Waals surface area contributed by atoms with Gasteiger partial charge in [-0.15, -0.1) is 0 Å². The molecule has 4 aromatic carbocycles. The molecule has 0 aliphatic carbocycles. The van der Waals surface area contributed by atoms with Crippen LogP contribution in [-0.2, 0) is 6.61 Å². The Kier molecular flexibility index (Phi) is 6.19. The number of benzene rings is 4. The monoisotopic (exact) mass is 450 g/mol. The van der Waals surface area contributed by atoms with Gasteiger partial charge in [0.15, 0.2) is 0 Å². The van der Waals surface area contributed by atoms with Gasteiger partial charge in [-0.1, -0.05) is 54.1 Å². The molecule has 1 N–H and O–H groups in total. The van der Waals surface area contributed by atoms with Gasteiger partial charge in [-0.25, -0.2) is 13.6 Å². The fourth-order valence-electron chi connectivity index (χ4n) is 3.50. The lowest BCUT2D eigenvalue weighted by Crippen LogP contribution is -2.03. The molecule has 0 bridgehead atoms. The van der Waals surface area contributed by atoms with E-state index in [2.05, 4.69) is 0 Å². The first-order valence-electron chi connectivity index (χ1n) is 9.72.